The minimum Gasteiger partial charge on any atom is -0.504 e. The molecule has 19 heavy (non-hydrogen) atoms. The molecule has 1 heterocycles. The summed E-state index contributed by atoms with van der Waals surface area (Å²) in [6.45, 7) is 2.56. The van der Waals surface area contributed by atoms with Crippen molar-refractivity contribution >= 4 is 34.8 Å². The molecule has 104 valence electrons. The van der Waals surface area contributed by atoms with E-state index in [2.05, 4.69) is 5.32 Å². The predicted octanol–water partition coefficient (Wildman–Crippen LogP) is 3.45. The second kappa shape index (κ2) is 5.99. The van der Waals surface area contributed by atoms with E-state index in [0.29, 0.717) is 18.1 Å². The van der Waals surface area contributed by atoms with Gasteiger partial charge in [-0.15, -0.1) is 0 Å². The van der Waals surface area contributed by atoms with Crippen LogP contribution in [-0.4, -0.2) is 23.7 Å². The molecule has 1 aliphatic rings. The van der Waals surface area contributed by atoms with Crippen LogP contribution in [0.4, 0.5) is 5.69 Å². The largest absolute Gasteiger partial charge is 0.504 e. The van der Waals surface area contributed by atoms with Crippen LogP contribution in [0.5, 0.6) is 5.75 Å². The molecular weight excluding hydrogens is 289 g/mol. The van der Waals surface area contributed by atoms with E-state index >= 15 is 0 Å². The van der Waals surface area contributed by atoms with Gasteiger partial charge in [0.2, 0.25) is 5.91 Å². The second-order valence-electron chi connectivity index (χ2n) is 4.49. The molecule has 1 aliphatic heterocycles. The number of halogens is 2. The second-order valence-corrected chi connectivity index (χ2v) is 5.33. The zero-order valence-corrected chi connectivity index (χ0v) is 12.0. The van der Waals surface area contributed by atoms with Gasteiger partial charge in [-0.25, -0.2) is 0 Å². The first-order valence-corrected chi connectivity index (χ1v) is 6.89. The Morgan fingerprint density at radius 1 is 1.53 bits per heavy atom. The van der Waals surface area contributed by atoms with E-state index in [-0.39, 0.29) is 34.4 Å². The highest BCUT2D eigenvalue weighted by atomic mass is 35.5. The lowest BCUT2D eigenvalue weighted by atomic mass is 9.98. The molecule has 1 aromatic carbocycles. The van der Waals surface area contributed by atoms with Crippen molar-refractivity contribution < 1.29 is 14.6 Å². The lowest BCUT2D eigenvalue weighted by Gasteiger charge is -2.17. The van der Waals surface area contributed by atoms with Crippen LogP contribution in [-0.2, 0) is 9.53 Å². The third-order valence-corrected chi connectivity index (χ3v) is 3.74. The summed E-state index contributed by atoms with van der Waals surface area (Å²) in [5.74, 6) is -0.563. The average molecular weight is 304 g/mol. The molecule has 1 aromatic rings. The molecule has 4 nitrogen and oxygen atoms in total. The van der Waals surface area contributed by atoms with E-state index in [1.807, 2.05) is 6.92 Å². The third-order valence-electron chi connectivity index (χ3n) is 3.23. The Hall–Kier alpha value is -0.970. The molecule has 2 N–H and O–H groups in total. The molecule has 2 unspecified atom stereocenters. The molecule has 0 saturated carbocycles. The summed E-state index contributed by atoms with van der Waals surface area (Å²) in [5, 5.41) is 12.9. The lowest BCUT2D eigenvalue weighted by molar-refractivity contribution is -0.121. The highest BCUT2D eigenvalue weighted by molar-refractivity contribution is 6.36. The number of anilines is 1. The standard InChI is InChI=1S/C13H15Cl2NO3/c1-2-11-8(3-4-19-11)13(18)16-10-6-7(14)5-9(15)12(10)17/h5-6,8,11,17H,2-4H2,1H3,(H,16,18). The molecule has 0 spiro atoms. The highest BCUT2D eigenvalue weighted by Gasteiger charge is 2.33. The van der Waals surface area contributed by atoms with Crippen molar-refractivity contribution in [1.82, 2.24) is 0 Å². The van der Waals surface area contributed by atoms with Gasteiger partial charge in [0, 0.05) is 11.6 Å². The number of carbonyl (C=O) groups is 1. The number of carbonyl (C=O) groups excluding carboxylic acids is 1. The number of aromatic hydroxyl groups is 1. The van der Waals surface area contributed by atoms with Crippen LogP contribution >= 0.6 is 23.2 Å². The first-order chi connectivity index (χ1) is 9.02. The van der Waals surface area contributed by atoms with Gasteiger partial charge in [-0.3, -0.25) is 4.79 Å². The number of hydrogen-bond donors (Lipinski definition) is 2. The Morgan fingerprint density at radius 3 is 2.95 bits per heavy atom. The summed E-state index contributed by atoms with van der Waals surface area (Å²) < 4.78 is 5.48. The van der Waals surface area contributed by atoms with Crippen LogP contribution in [0.2, 0.25) is 10.0 Å². The van der Waals surface area contributed by atoms with Crippen molar-refractivity contribution in [3.8, 4) is 5.75 Å². The van der Waals surface area contributed by atoms with Gasteiger partial charge in [0.25, 0.3) is 0 Å². The van der Waals surface area contributed by atoms with Crippen molar-refractivity contribution in [2.45, 2.75) is 25.9 Å². The minimum absolute atomic E-state index is 0.0724. The number of phenols is 1. The first kappa shape index (κ1) is 14.4. The van der Waals surface area contributed by atoms with E-state index in [1.165, 1.54) is 12.1 Å². The van der Waals surface area contributed by atoms with Crippen LogP contribution < -0.4 is 5.32 Å². The maximum atomic E-state index is 12.2. The third kappa shape index (κ3) is 3.14. The predicted molar refractivity (Wildman–Crippen MR) is 74.9 cm³/mol. The summed E-state index contributed by atoms with van der Waals surface area (Å²) in [6.07, 6.45) is 1.39. The number of hydrogen-bond acceptors (Lipinski definition) is 3. The minimum atomic E-state index is -0.206. The molecule has 0 aliphatic carbocycles. The van der Waals surface area contributed by atoms with Crippen LogP contribution in [0.3, 0.4) is 0 Å². The number of phenolic OH excluding ortho intramolecular Hbond substituents is 1. The fourth-order valence-electron chi connectivity index (χ4n) is 2.24. The molecule has 2 rings (SSSR count). The van der Waals surface area contributed by atoms with Crippen LogP contribution in [0, 0.1) is 5.92 Å². The smallest absolute Gasteiger partial charge is 0.230 e. The quantitative estimate of drug-likeness (QED) is 0.841. The van der Waals surface area contributed by atoms with Gasteiger partial charge in [0.15, 0.2) is 5.75 Å². The highest BCUT2D eigenvalue weighted by Crippen LogP contribution is 2.36. The fourth-order valence-corrected chi connectivity index (χ4v) is 2.73. The SMILES string of the molecule is CCC1OCCC1C(=O)Nc1cc(Cl)cc(Cl)c1O. The summed E-state index contributed by atoms with van der Waals surface area (Å²) >= 11 is 11.7. The Kier molecular flexibility index (Phi) is 4.55. The van der Waals surface area contributed by atoms with E-state index in [4.69, 9.17) is 27.9 Å². The van der Waals surface area contributed by atoms with Gasteiger partial charge in [-0.2, -0.15) is 0 Å². The Balaban J connectivity index is 2.15. The van der Waals surface area contributed by atoms with Gasteiger partial charge < -0.3 is 15.2 Å². The molecule has 1 amide bonds. The van der Waals surface area contributed by atoms with Crippen molar-refractivity contribution in [3.05, 3.63) is 22.2 Å². The zero-order chi connectivity index (χ0) is 14.0. The number of nitrogens with one attached hydrogen (secondary N) is 1. The summed E-state index contributed by atoms with van der Waals surface area (Å²) in [5.41, 5.74) is 0.226. The van der Waals surface area contributed by atoms with Crippen molar-refractivity contribution in [1.29, 1.82) is 0 Å². The number of rotatable bonds is 3. The van der Waals surface area contributed by atoms with Crippen molar-refractivity contribution in [2.24, 2.45) is 5.92 Å². The maximum Gasteiger partial charge on any atom is 0.230 e. The molecular formula is C13H15Cl2NO3. The molecule has 0 aromatic heterocycles. The van der Waals surface area contributed by atoms with E-state index in [0.717, 1.165) is 6.42 Å². The molecule has 1 saturated heterocycles. The average Bonchev–Trinajstić information content (AvgIpc) is 2.83. The first-order valence-electron chi connectivity index (χ1n) is 6.13. The van der Waals surface area contributed by atoms with Crippen LogP contribution in [0.15, 0.2) is 12.1 Å². The van der Waals surface area contributed by atoms with Gasteiger partial charge in [-0.05, 0) is 25.0 Å². The number of amides is 1. The topological polar surface area (TPSA) is 58.6 Å². The monoisotopic (exact) mass is 303 g/mol. The van der Waals surface area contributed by atoms with E-state index in [9.17, 15) is 9.90 Å². The molecule has 2 atom stereocenters. The Bertz CT molecular complexity index is 493. The van der Waals surface area contributed by atoms with E-state index in [1.54, 1.807) is 0 Å². The summed E-state index contributed by atoms with van der Waals surface area (Å²) in [4.78, 5) is 12.2. The lowest BCUT2D eigenvalue weighted by Crippen LogP contribution is -2.29. The zero-order valence-electron chi connectivity index (χ0n) is 10.5. The van der Waals surface area contributed by atoms with Gasteiger partial charge in [0.05, 0.1) is 22.7 Å². The van der Waals surface area contributed by atoms with Crippen LogP contribution in [0.1, 0.15) is 19.8 Å². The molecule has 1 fully saturated rings. The maximum absolute atomic E-state index is 12.2. The number of benzene rings is 1. The van der Waals surface area contributed by atoms with E-state index < -0.39 is 0 Å². The van der Waals surface area contributed by atoms with Crippen LogP contribution in [0.25, 0.3) is 0 Å². The Labute approximate surface area is 121 Å². The molecule has 0 radical (unpaired) electrons. The summed E-state index contributed by atoms with van der Waals surface area (Å²) in [6, 6.07) is 2.89. The fraction of sp³-hybridized carbons (Fsp3) is 0.462. The van der Waals surface area contributed by atoms with Crippen molar-refractivity contribution in [3.63, 3.8) is 0 Å². The summed E-state index contributed by atoms with van der Waals surface area (Å²) in [7, 11) is 0. The Morgan fingerprint density at radius 2 is 2.26 bits per heavy atom. The van der Waals surface area contributed by atoms with Gasteiger partial charge in [0.1, 0.15) is 0 Å². The molecule has 6 heteroatoms. The van der Waals surface area contributed by atoms with Crippen molar-refractivity contribution in [2.75, 3.05) is 11.9 Å². The normalized spacial score (nSPS) is 22.5. The van der Waals surface area contributed by atoms with Gasteiger partial charge >= 0.3 is 0 Å². The molecule has 0 bridgehead atoms. The number of ether oxygens (including phenoxy) is 1. The van der Waals surface area contributed by atoms with Gasteiger partial charge in [-0.1, -0.05) is 30.1 Å².